The zero-order chi connectivity index (χ0) is 17.4. The maximum absolute atomic E-state index is 12.5. The number of para-hydroxylation sites is 1. The van der Waals surface area contributed by atoms with Gasteiger partial charge in [-0.15, -0.1) is 0 Å². The van der Waals surface area contributed by atoms with Gasteiger partial charge in [-0.3, -0.25) is 9.78 Å². The number of aromatic nitrogens is 4. The van der Waals surface area contributed by atoms with Crippen LogP contribution in [-0.2, 0) is 0 Å². The van der Waals surface area contributed by atoms with Crippen molar-refractivity contribution in [2.24, 2.45) is 5.92 Å². The summed E-state index contributed by atoms with van der Waals surface area (Å²) >= 11 is 0. The molecule has 2 atom stereocenters. The SMILES string of the molecule is CC(O)C1CCCN(c2nc3c(cnn3-c3ccccc3)c(=O)[nH]2)C1. The molecule has 2 unspecified atom stereocenters. The molecule has 0 aliphatic carbocycles. The summed E-state index contributed by atoms with van der Waals surface area (Å²) in [6.07, 6.45) is 3.14. The van der Waals surface area contributed by atoms with Crippen LogP contribution in [0.15, 0.2) is 41.3 Å². The van der Waals surface area contributed by atoms with E-state index in [0.717, 1.165) is 25.1 Å². The number of rotatable bonds is 3. The van der Waals surface area contributed by atoms with E-state index in [2.05, 4.69) is 15.1 Å². The van der Waals surface area contributed by atoms with Crippen LogP contribution in [0, 0.1) is 5.92 Å². The number of aliphatic hydroxyl groups is 1. The van der Waals surface area contributed by atoms with Gasteiger partial charge in [0.15, 0.2) is 5.65 Å². The first-order valence-electron chi connectivity index (χ1n) is 8.60. The Bertz CT molecular complexity index is 932. The van der Waals surface area contributed by atoms with Gasteiger partial charge in [-0.1, -0.05) is 18.2 Å². The second kappa shape index (κ2) is 6.33. The lowest BCUT2D eigenvalue weighted by molar-refractivity contribution is 0.114. The van der Waals surface area contributed by atoms with Gasteiger partial charge in [0.1, 0.15) is 5.39 Å². The summed E-state index contributed by atoms with van der Waals surface area (Å²) in [6.45, 7) is 3.32. The number of nitrogens with zero attached hydrogens (tertiary/aromatic N) is 4. The highest BCUT2D eigenvalue weighted by Crippen LogP contribution is 2.23. The van der Waals surface area contributed by atoms with Crippen molar-refractivity contribution >= 4 is 17.0 Å². The summed E-state index contributed by atoms with van der Waals surface area (Å²) < 4.78 is 1.68. The van der Waals surface area contributed by atoms with Gasteiger partial charge in [0.25, 0.3) is 5.56 Å². The molecule has 7 nitrogen and oxygen atoms in total. The summed E-state index contributed by atoms with van der Waals surface area (Å²) in [7, 11) is 0. The summed E-state index contributed by atoms with van der Waals surface area (Å²) in [5.41, 5.74) is 1.22. The van der Waals surface area contributed by atoms with E-state index in [0.29, 0.717) is 23.5 Å². The Morgan fingerprint density at radius 2 is 2.12 bits per heavy atom. The van der Waals surface area contributed by atoms with Crippen LogP contribution in [0.5, 0.6) is 0 Å². The van der Waals surface area contributed by atoms with Gasteiger partial charge >= 0.3 is 0 Å². The third-order valence-electron chi connectivity index (χ3n) is 4.87. The zero-order valence-electron chi connectivity index (χ0n) is 14.1. The van der Waals surface area contributed by atoms with E-state index >= 15 is 0 Å². The molecule has 0 bridgehead atoms. The van der Waals surface area contributed by atoms with Gasteiger partial charge in [-0.05, 0) is 31.9 Å². The molecule has 0 amide bonds. The normalized spacial score (nSPS) is 19.3. The Kier molecular flexibility index (Phi) is 4.01. The molecule has 0 saturated carbocycles. The monoisotopic (exact) mass is 339 g/mol. The Labute approximate surface area is 144 Å². The van der Waals surface area contributed by atoms with Crippen molar-refractivity contribution in [3.63, 3.8) is 0 Å². The van der Waals surface area contributed by atoms with Gasteiger partial charge in [-0.2, -0.15) is 10.1 Å². The number of benzene rings is 1. The molecule has 1 fully saturated rings. The maximum atomic E-state index is 12.5. The molecule has 1 aromatic carbocycles. The molecule has 0 radical (unpaired) electrons. The van der Waals surface area contributed by atoms with E-state index in [1.165, 1.54) is 0 Å². The van der Waals surface area contributed by atoms with Gasteiger partial charge in [0.2, 0.25) is 5.95 Å². The molecular weight excluding hydrogens is 318 g/mol. The topological polar surface area (TPSA) is 87.0 Å². The fourth-order valence-electron chi connectivity index (χ4n) is 3.41. The highest BCUT2D eigenvalue weighted by atomic mass is 16.3. The van der Waals surface area contributed by atoms with Crippen molar-refractivity contribution < 1.29 is 5.11 Å². The number of fused-ring (bicyclic) bond motifs is 1. The quantitative estimate of drug-likeness (QED) is 0.758. The lowest BCUT2D eigenvalue weighted by Crippen LogP contribution is -2.41. The van der Waals surface area contributed by atoms with Crippen molar-refractivity contribution in [3.8, 4) is 5.69 Å². The second-order valence-corrected chi connectivity index (χ2v) is 6.61. The van der Waals surface area contributed by atoms with Gasteiger partial charge < -0.3 is 10.0 Å². The lowest BCUT2D eigenvalue weighted by atomic mass is 9.94. The second-order valence-electron chi connectivity index (χ2n) is 6.61. The van der Waals surface area contributed by atoms with Gasteiger partial charge in [0, 0.05) is 19.0 Å². The number of piperidine rings is 1. The average molecular weight is 339 g/mol. The van der Waals surface area contributed by atoms with E-state index < -0.39 is 0 Å². The molecule has 4 rings (SSSR count). The summed E-state index contributed by atoms with van der Waals surface area (Å²) in [6, 6.07) is 9.65. The number of nitrogens with one attached hydrogen (secondary N) is 1. The van der Waals surface area contributed by atoms with Gasteiger partial charge in [-0.25, -0.2) is 4.68 Å². The minimum Gasteiger partial charge on any atom is -0.393 e. The largest absolute Gasteiger partial charge is 0.393 e. The summed E-state index contributed by atoms with van der Waals surface area (Å²) in [4.78, 5) is 22.1. The molecule has 3 aromatic rings. The molecule has 2 aromatic heterocycles. The Hall–Kier alpha value is -2.67. The molecule has 0 spiro atoms. The third-order valence-corrected chi connectivity index (χ3v) is 4.87. The predicted molar refractivity (Wildman–Crippen MR) is 96.1 cm³/mol. The molecule has 1 saturated heterocycles. The zero-order valence-corrected chi connectivity index (χ0v) is 14.1. The van der Waals surface area contributed by atoms with E-state index in [-0.39, 0.29) is 17.6 Å². The van der Waals surface area contributed by atoms with Gasteiger partial charge in [0.05, 0.1) is 18.0 Å². The minimum atomic E-state index is -0.368. The van der Waals surface area contributed by atoms with Crippen LogP contribution in [0.4, 0.5) is 5.95 Å². The number of H-pyrrole nitrogens is 1. The molecule has 7 heteroatoms. The first kappa shape index (κ1) is 15.8. The van der Waals surface area contributed by atoms with Crippen LogP contribution < -0.4 is 10.5 Å². The van der Waals surface area contributed by atoms with Crippen LogP contribution >= 0.6 is 0 Å². The van der Waals surface area contributed by atoms with Crippen LogP contribution in [0.25, 0.3) is 16.7 Å². The molecule has 130 valence electrons. The molecule has 1 aliphatic heterocycles. The standard InChI is InChI=1S/C18H21N5O2/c1-12(24)13-6-5-9-22(11-13)18-20-16-15(17(25)21-18)10-19-23(16)14-7-3-2-4-8-14/h2-4,7-8,10,12-13,24H,5-6,9,11H2,1H3,(H,20,21,25). The van der Waals surface area contributed by atoms with Crippen LogP contribution in [0.1, 0.15) is 19.8 Å². The first-order valence-corrected chi connectivity index (χ1v) is 8.60. The number of aromatic amines is 1. The van der Waals surface area contributed by atoms with E-state index in [1.54, 1.807) is 10.9 Å². The molecule has 3 heterocycles. The van der Waals surface area contributed by atoms with E-state index in [1.807, 2.05) is 42.2 Å². The lowest BCUT2D eigenvalue weighted by Gasteiger charge is -2.34. The Morgan fingerprint density at radius 1 is 1.32 bits per heavy atom. The van der Waals surface area contributed by atoms with Crippen molar-refractivity contribution in [1.29, 1.82) is 0 Å². The summed E-state index contributed by atoms with van der Waals surface area (Å²) in [5.74, 6) is 0.731. The molecule has 1 aliphatic rings. The Morgan fingerprint density at radius 3 is 2.88 bits per heavy atom. The van der Waals surface area contributed by atoms with Crippen molar-refractivity contribution in [2.45, 2.75) is 25.9 Å². The first-order chi connectivity index (χ1) is 12.1. The number of anilines is 1. The van der Waals surface area contributed by atoms with Crippen LogP contribution in [0.2, 0.25) is 0 Å². The number of hydrogen-bond acceptors (Lipinski definition) is 5. The minimum absolute atomic E-state index is 0.189. The summed E-state index contributed by atoms with van der Waals surface area (Å²) in [5, 5.41) is 14.7. The van der Waals surface area contributed by atoms with Crippen molar-refractivity contribution in [2.75, 3.05) is 18.0 Å². The predicted octanol–water partition coefficient (Wildman–Crippen LogP) is 1.71. The maximum Gasteiger partial charge on any atom is 0.263 e. The van der Waals surface area contributed by atoms with Crippen molar-refractivity contribution in [1.82, 2.24) is 19.7 Å². The molecular formula is C18H21N5O2. The molecule has 2 N–H and O–H groups in total. The number of aliphatic hydroxyl groups excluding tert-OH is 1. The highest BCUT2D eigenvalue weighted by molar-refractivity contribution is 5.76. The van der Waals surface area contributed by atoms with Crippen LogP contribution in [-0.4, -0.2) is 44.0 Å². The van der Waals surface area contributed by atoms with E-state index in [4.69, 9.17) is 0 Å². The fourth-order valence-corrected chi connectivity index (χ4v) is 3.41. The van der Waals surface area contributed by atoms with Crippen molar-refractivity contribution in [3.05, 3.63) is 46.9 Å². The average Bonchev–Trinajstić information content (AvgIpc) is 3.07. The van der Waals surface area contributed by atoms with E-state index in [9.17, 15) is 9.90 Å². The smallest absolute Gasteiger partial charge is 0.263 e. The number of hydrogen-bond donors (Lipinski definition) is 2. The third kappa shape index (κ3) is 2.91. The highest BCUT2D eigenvalue weighted by Gasteiger charge is 2.25. The molecule has 25 heavy (non-hydrogen) atoms. The Balaban J connectivity index is 1.77. The fraction of sp³-hybridized carbons (Fsp3) is 0.389. The van der Waals surface area contributed by atoms with Crippen LogP contribution in [0.3, 0.4) is 0 Å².